The molecule has 0 unspecified atom stereocenters. The van der Waals surface area contributed by atoms with Crippen molar-refractivity contribution in [3.05, 3.63) is 63.4 Å². The van der Waals surface area contributed by atoms with Crippen LogP contribution in [-0.4, -0.2) is 23.3 Å². The lowest BCUT2D eigenvalue weighted by Gasteiger charge is -2.21. The van der Waals surface area contributed by atoms with Crippen LogP contribution in [0, 0.1) is 0 Å². The van der Waals surface area contributed by atoms with Crippen LogP contribution < -0.4 is 10.2 Å². The molecule has 8 heteroatoms. The van der Waals surface area contributed by atoms with Gasteiger partial charge in [0.1, 0.15) is 5.03 Å². The Balaban J connectivity index is 1.70. The fourth-order valence-corrected chi connectivity index (χ4v) is 4.83. The molecule has 0 spiro atoms. The number of anilines is 2. The van der Waals surface area contributed by atoms with E-state index in [9.17, 15) is 9.59 Å². The number of carbonyl (C=O) groups excluding carboxylic acids is 2. The lowest BCUT2D eigenvalue weighted by Crippen LogP contribution is -2.30. The first kappa shape index (κ1) is 18.0. The van der Waals surface area contributed by atoms with E-state index in [1.807, 2.05) is 19.1 Å². The summed E-state index contributed by atoms with van der Waals surface area (Å²) >= 11 is 8.56. The first-order valence-electron chi connectivity index (χ1n) is 8.22. The van der Waals surface area contributed by atoms with Crippen LogP contribution in [0.4, 0.5) is 11.4 Å². The third-order valence-electron chi connectivity index (χ3n) is 4.08. The fraction of sp³-hybridized carbons (Fsp3) is 0.105. The van der Waals surface area contributed by atoms with Crippen LogP contribution in [0.25, 0.3) is 0 Å². The van der Waals surface area contributed by atoms with Gasteiger partial charge in [-0.15, -0.1) is 11.3 Å². The van der Waals surface area contributed by atoms with Gasteiger partial charge in [-0.3, -0.25) is 9.59 Å². The summed E-state index contributed by atoms with van der Waals surface area (Å²) in [5.41, 5.74) is 2.04. The summed E-state index contributed by atoms with van der Waals surface area (Å²) in [7, 11) is 0. The molecule has 1 aromatic carbocycles. The monoisotopic (exact) mass is 415 g/mol. The molecule has 0 saturated heterocycles. The van der Waals surface area contributed by atoms with Crippen LogP contribution in [0.1, 0.15) is 27.0 Å². The number of fused-ring (bicyclic) bond motifs is 2. The highest BCUT2D eigenvalue weighted by molar-refractivity contribution is 7.99. The van der Waals surface area contributed by atoms with Crippen LogP contribution >= 0.6 is 34.7 Å². The first-order valence-corrected chi connectivity index (χ1v) is 10.2. The van der Waals surface area contributed by atoms with Crippen LogP contribution in [0.3, 0.4) is 0 Å². The number of nitrogens with zero attached hydrogens (tertiary/aromatic N) is 2. The van der Waals surface area contributed by atoms with Crippen molar-refractivity contribution in [1.82, 2.24) is 4.98 Å². The van der Waals surface area contributed by atoms with Gasteiger partial charge in [0, 0.05) is 23.3 Å². The van der Waals surface area contributed by atoms with E-state index in [1.165, 1.54) is 23.1 Å². The van der Waals surface area contributed by atoms with Crippen molar-refractivity contribution in [2.45, 2.75) is 16.8 Å². The largest absolute Gasteiger partial charge is 0.321 e. The lowest BCUT2D eigenvalue weighted by molar-refractivity contribution is 0.0983. The van der Waals surface area contributed by atoms with Crippen LogP contribution in [-0.2, 0) is 0 Å². The smallest absolute Gasteiger partial charge is 0.265 e. The number of rotatable bonds is 3. The van der Waals surface area contributed by atoms with Gasteiger partial charge in [-0.25, -0.2) is 4.98 Å². The maximum atomic E-state index is 12.9. The van der Waals surface area contributed by atoms with E-state index in [0.717, 1.165) is 10.6 Å². The SMILES string of the molecule is CCN1C(=O)c2cccnc2Sc2cc(NC(=O)c3ccc(Cl)s3)ccc21. The van der Waals surface area contributed by atoms with E-state index < -0.39 is 0 Å². The number of amides is 2. The van der Waals surface area contributed by atoms with Crippen molar-refractivity contribution in [1.29, 1.82) is 0 Å². The average Bonchev–Trinajstić information content (AvgIpc) is 3.06. The van der Waals surface area contributed by atoms with Crippen molar-refractivity contribution < 1.29 is 9.59 Å². The van der Waals surface area contributed by atoms with Gasteiger partial charge in [0.05, 0.1) is 20.5 Å². The van der Waals surface area contributed by atoms with E-state index in [-0.39, 0.29) is 11.8 Å². The molecule has 1 aliphatic rings. The minimum Gasteiger partial charge on any atom is -0.321 e. The molecular formula is C19H14ClN3O2S2. The number of nitrogens with one attached hydrogen (secondary N) is 1. The highest BCUT2D eigenvalue weighted by Crippen LogP contribution is 2.41. The number of carbonyl (C=O) groups is 2. The zero-order valence-electron chi connectivity index (χ0n) is 14.2. The molecule has 2 amide bonds. The molecular weight excluding hydrogens is 402 g/mol. The third kappa shape index (κ3) is 3.45. The Hall–Kier alpha value is -2.35. The van der Waals surface area contributed by atoms with Gasteiger partial charge in [-0.05, 0) is 49.4 Å². The maximum absolute atomic E-state index is 12.9. The Morgan fingerprint density at radius 3 is 2.85 bits per heavy atom. The molecule has 2 aromatic heterocycles. The molecule has 4 rings (SSSR count). The second-order valence-electron chi connectivity index (χ2n) is 5.75. The average molecular weight is 416 g/mol. The van der Waals surface area contributed by atoms with Crippen molar-refractivity contribution in [2.75, 3.05) is 16.8 Å². The number of hydrogen-bond acceptors (Lipinski definition) is 5. The first-order chi connectivity index (χ1) is 13.1. The van der Waals surface area contributed by atoms with Gasteiger partial charge in [0.2, 0.25) is 0 Å². The highest BCUT2D eigenvalue weighted by Gasteiger charge is 2.27. The number of aromatic nitrogens is 1. The summed E-state index contributed by atoms with van der Waals surface area (Å²) in [5, 5.41) is 3.55. The molecule has 1 aliphatic heterocycles. The Morgan fingerprint density at radius 2 is 2.11 bits per heavy atom. The standard InChI is InChI=1S/C19H14ClN3O2S2/c1-2-23-13-6-5-11(22-17(24)14-7-8-16(20)26-14)10-15(13)27-18-12(19(23)25)4-3-9-21-18/h3-10H,2H2,1H3,(H,22,24). The van der Waals surface area contributed by atoms with Crippen molar-refractivity contribution in [3.8, 4) is 0 Å². The molecule has 136 valence electrons. The Morgan fingerprint density at radius 1 is 1.26 bits per heavy atom. The molecule has 0 saturated carbocycles. The highest BCUT2D eigenvalue weighted by atomic mass is 35.5. The molecule has 5 nitrogen and oxygen atoms in total. The van der Waals surface area contributed by atoms with E-state index in [1.54, 1.807) is 41.4 Å². The van der Waals surface area contributed by atoms with Gasteiger partial charge in [-0.1, -0.05) is 23.4 Å². The van der Waals surface area contributed by atoms with Gasteiger partial charge >= 0.3 is 0 Å². The molecule has 0 atom stereocenters. The summed E-state index contributed by atoms with van der Waals surface area (Å²) in [5.74, 6) is -0.288. The Bertz CT molecular complexity index is 1050. The minimum absolute atomic E-state index is 0.0723. The molecule has 1 N–H and O–H groups in total. The molecule has 0 radical (unpaired) electrons. The molecule has 0 bridgehead atoms. The second-order valence-corrected chi connectivity index (χ2v) is 8.49. The maximum Gasteiger partial charge on any atom is 0.265 e. The second kappa shape index (κ2) is 7.34. The van der Waals surface area contributed by atoms with E-state index in [4.69, 9.17) is 11.6 Å². The van der Waals surface area contributed by atoms with Crippen molar-refractivity contribution in [3.63, 3.8) is 0 Å². The zero-order valence-corrected chi connectivity index (χ0v) is 16.6. The number of hydrogen-bond donors (Lipinski definition) is 1. The normalized spacial score (nSPS) is 13.0. The number of benzene rings is 1. The Labute approximate surface area is 169 Å². The predicted octanol–water partition coefficient (Wildman–Crippen LogP) is 5.18. The number of halogens is 1. The van der Waals surface area contributed by atoms with E-state index >= 15 is 0 Å². The van der Waals surface area contributed by atoms with Gasteiger partial charge < -0.3 is 10.2 Å². The predicted molar refractivity (Wildman–Crippen MR) is 109 cm³/mol. The Kier molecular flexibility index (Phi) is 4.90. The molecule has 27 heavy (non-hydrogen) atoms. The summed E-state index contributed by atoms with van der Waals surface area (Å²) < 4.78 is 0.567. The van der Waals surface area contributed by atoms with Crippen LogP contribution in [0.5, 0.6) is 0 Å². The third-order valence-corrected chi connectivity index (χ3v) is 6.37. The molecule has 0 fully saturated rings. The van der Waals surface area contributed by atoms with Crippen LogP contribution in [0.2, 0.25) is 4.34 Å². The topological polar surface area (TPSA) is 62.3 Å². The van der Waals surface area contributed by atoms with Crippen molar-refractivity contribution in [2.24, 2.45) is 0 Å². The summed E-state index contributed by atoms with van der Waals surface area (Å²) in [6.45, 7) is 2.48. The molecule has 0 aliphatic carbocycles. The van der Waals surface area contributed by atoms with Gasteiger partial charge in [0.25, 0.3) is 11.8 Å². The molecule has 3 heterocycles. The number of thiophene rings is 1. The summed E-state index contributed by atoms with van der Waals surface area (Å²) in [6, 6.07) is 12.5. The quantitative estimate of drug-likeness (QED) is 0.640. The summed E-state index contributed by atoms with van der Waals surface area (Å²) in [6.07, 6.45) is 1.67. The summed E-state index contributed by atoms with van der Waals surface area (Å²) in [4.78, 5) is 32.7. The number of pyridine rings is 1. The molecule has 3 aromatic rings. The minimum atomic E-state index is -0.215. The lowest BCUT2D eigenvalue weighted by atomic mass is 10.2. The van der Waals surface area contributed by atoms with E-state index in [2.05, 4.69) is 10.3 Å². The fourth-order valence-electron chi connectivity index (χ4n) is 2.83. The van der Waals surface area contributed by atoms with Crippen molar-refractivity contribution >= 4 is 57.9 Å². The van der Waals surface area contributed by atoms with E-state index in [0.29, 0.717) is 32.0 Å². The van der Waals surface area contributed by atoms with Gasteiger partial charge in [0.15, 0.2) is 0 Å². The zero-order chi connectivity index (χ0) is 19.0. The van der Waals surface area contributed by atoms with Gasteiger partial charge in [-0.2, -0.15) is 0 Å². The van der Waals surface area contributed by atoms with Crippen LogP contribution in [0.15, 0.2) is 58.6 Å².